The van der Waals surface area contributed by atoms with Crippen LogP contribution in [0.25, 0.3) is 0 Å². The van der Waals surface area contributed by atoms with Crippen molar-refractivity contribution < 1.29 is 9.59 Å². The maximum atomic E-state index is 12.1. The van der Waals surface area contributed by atoms with Crippen LogP contribution >= 0.6 is 0 Å². The highest BCUT2D eigenvalue weighted by atomic mass is 16.2. The number of nitrogens with one attached hydrogen (secondary N) is 2. The first-order chi connectivity index (χ1) is 8.08. The topological polar surface area (TPSA) is 58.2 Å². The molecule has 4 atom stereocenters. The summed E-state index contributed by atoms with van der Waals surface area (Å²) in [5.41, 5.74) is 0. The fraction of sp³-hybridized carbons (Fsp3) is 0.846. The molecule has 0 radical (unpaired) electrons. The zero-order valence-corrected chi connectivity index (χ0v) is 10.7. The van der Waals surface area contributed by atoms with Gasteiger partial charge in [-0.1, -0.05) is 13.8 Å². The van der Waals surface area contributed by atoms with E-state index in [0.717, 1.165) is 6.42 Å². The van der Waals surface area contributed by atoms with Crippen molar-refractivity contribution in [2.24, 2.45) is 17.8 Å². The third-order valence-electron chi connectivity index (χ3n) is 4.43. The fourth-order valence-electron chi connectivity index (χ4n) is 2.83. The van der Waals surface area contributed by atoms with Crippen LogP contribution in [0.15, 0.2) is 0 Å². The van der Waals surface area contributed by atoms with Crippen molar-refractivity contribution in [3.8, 4) is 0 Å². The van der Waals surface area contributed by atoms with Crippen LogP contribution in [-0.4, -0.2) is 24.4 Å². The van der Waals surface area contributed by atoms with Gasteiger partial charge < -0.3 is 10.6 Å². The predicted octanol–water partition coefficient (Wildman–Crippen LogP) is 1.06. The molecular weight excluding hydrogens is 216 g/mol. The van der Waals surface area contributed by atoms with Crippen LogP contribution in [0.4, 0.5) is 0 Å². The normalized spacial score (nSPS) is 37.6. The summed E-state index contributed by atoms with van der Waals surface area (Å²) in [7, 11) is 0. The molecule has 1 saturated heterocycles. The SMILES string of the molecule is CC1CCC(NC(=O)C2CCC(=O)NC2)C1C. The molecule has 4 nitrogen and oxygen atoms in total. The average molecular weight is 238 g/mol. The Bertz CT molecular complexity index is 307. The molecule has 2 fully saturated rings. The third-order valence-corrected chi connectivity index (χ3v) is 4.43. The van der Waals surface area contributed by atoms with Crippen LogP contribution in [0, 0.1) is 17.8 Å². The highest BCUT2D eigenvalue weighted by Crippen LogP contribution is 2.31. The van der Waals surface area contributed by atoms with Crippen LogP contribution in [0.2, 0.25) is 0 Å². The molecule has 1 saturated carbocycles. The van der Waals surface area contributed by atoms with Gasteiger partial charge in [-0.05, 0) is 31.1 Å². The molecule has 0 spiro atoms. The van der Waals surface area contributed by atoms with Crippen molar-refractivity contribution in [1.82, 2.24) is 10.6 Å². The smallest absolute Gasteiger partial charge is 0.225 e. The Morgan fingerprint density at radius 2 is 2.06 bits per heavy atom. The van der Waals surface area contributed by atoms with Gasteiger partial charge in [-0.2, -0.15) is 0 Å². The lowest BCUT2D eigenvalue weighted by atomic mass is 9.95. The summed E-state index contributed by atoms with van der Waals surface area (Å²) < 4.78 is 0. The molecule has 1 aliphatic heterocycles. The summed E-state index contributed by atoms with van der Waals surface area (Å²) in [5, 5.41) is 5.91. The van der Waals surface area contributed by atoms with Gasteiger partial charge in [0.25, 0.3) is 0 Å². The summed E-state index contributed by atoms with van der Waals surface area (Å²) >= 11 is 0. The van der Waals surface area contributed by atoms with Gasteiger partial charge in [0.15, 0.2) is 0 Å². The second kappa shape index (κ2) is 5.07. The standard InChI is InChI=1S/C13H22N2O2/c1-8-3-5-11(9(8)2)15-13(17)10-4-6-12(16)14-7-10/h8-11H,3-7H2,1-2H3,(H,14,16)(H,15,17). The monoisotopic (exact) mass is 238 g/mol. The van der Waals surface area contributed by atoms with Gasteiger partial charge in [-0.3, -0.25) is 9.59 Å². The van der Waals surface area contributed by atoms with Crippen molar-refractivity contribution >= 4 is 11.8 Å². The molecule has 0 aromatic rings. The van der Waals surface area contributed by atoms with Crippen LogP contribution in [-0.2, 0) is 9.59 Å². The minimum absolute atomic E-state index is 0.0317. The predicted molar refractivity (Wildman–Crippen MR) is 65.2 cm³/mol. The minimum Gasteiger partial charge on any atom is -0.355 e. The molecule has 2 rings (SSSR count). The lowest BCUT2D eigenvalue weighted by Gasteiger charge is -2.25. The maximum Gasteiger partial charge on any atom is 0.225 e. The Morgan fingerprint density at radius 3 is 2.59 bits per heavy atom. The Hall–Kier alpha value is -1.06. The second-order valence-electron chi connectivity index (χ2n) is 5.57. The van der Waals surface area contributed by atoms with E-state index >= 15 is 0 Å². The number of carbonyl (C=O) groups excluding carboxylic acids is 2. The number of hydrogen-bond acceptors (Lipinski definition) is 2. The van der Waals surface area contributed by atoms with Crippen LogP contribution in [0.1, 0.15) is 39.5 Å². The molecule has 1 heterocycles. The molecular formula is C13H22N2O2. The number of carbonyl (C=O) groups is 2. The molecule has 96 valence electrons. The second-order valence-corrected chi connectivity index (χ2v) is 5.57. The quantitative estimate of drug-likeness (QED) is 0.756. The Balaban J connectivity index is 1.83. The first-order valence-corrected chi connectivity index (χ1v) is 6.65. The Labute approximate surface area is 103 Å². The minimum atomic E-state index is -0.0317. The molecule has 17 heavy (non-hydrogen) atoms. The molecule has 2 amide bonds. The lowest BCUT2D eigenvalue weighted by Crippen LogP contribution is -2.46. The van der Waals surface area contributed by atoms with E-state index in [1.807, 2.05) is 0 Å². The van der Waals surface area contributed by atoms with E-state index in [4.69, 9.17) is 0 Å². The summed E-state index contributed by atoms with van der Waals surface area (Å²) in [6.45, 7) is 4.96. The fourth-order valence-corrected chi connectivity index (χ4v) is 2.83. The number of amides is 2. The van der Waals surface area contributed by atoms with Gasteiger partial charge in [0.2, 0.25) is 11.8 Å². The molecule has 4 unspecified atom stereocenters. The van der Waals surface area contributed by atoms with Crippen molar-refractivity contribution in [2.45, 2.75) is 45.6 Å². The van der Waals surface area contributed by atoms with Crippen molar-refractivity contribution in [2.75, 3.05) is 6.54 Å². The third kappa shape index (κ3) is 2.79. The van der Waals surface area contributed by atoms with Crippen LogP contribution in [0.3, 0.4) is 0 Å². The van der Waals surface area contributed by atoms with E-state index in [1.165, 1.54) is 6.42 Å². The van der Waals surface area contributed by atoms with Gasteiger partial charge in [-0.25, -0.2) is 0 Å². The van der Waals surface area contributed by atoms with Gasteiger partial charge in [0, 0.05) is 19.0 Å². The molecule has 2 N–H and O–H groups in total. The molecule has 2 aliphatic rings. The summed E-state index contributed by atoms with van der Waals surface area (Å²) in [5.74, 6) is 1.42. The van der Waals surface area contributed by atoms with Gasteiger partial charge in [0.05, 0.1) is 5.92 Å². The van der Waals surface area contributed by atoms with Crippen molar-refractivity contribution in [3.05, 3.63) is 0 Å². The van der Waals surface area contributed by atoms with Crippen LogP contribution < -0.4 is 10.6 Å². The van der Waals surface area contributed by atoms with E-state index in [2.05, 4.69) is 24.5 Å². The summed E-state index contributed by atoms with van der Waals surface area (Å²) in [6, 6.07) is 0.329. The Morgan fingerprint density at radius 1 is 1.29 bits per heavy atom. The molecule has 1 aliphatic carbocycles. The summed E-state index contributed by atoms with van der Waals surface area (Å²) in [6.07, 6.45) is 3.46. The van der Waals surface area contributed by atoms with E-state index in [-0.39, 0.29) is 17.7 Å². The molecule has 0 aromatic carbocycles. The van der Waals surface area contributed by atoms with Crippen molar-refractivity contribution in [3.63, 3.8) is 0 Å². The van der Waals surface area contributed by atoms with Crippen LogP contribution in [0.5, 0.6) is 0 Å². The zero-order chi connectivity index (χ0) is 12.4. The summed E-state index contributed by atoms with van der Waals surface area (Å²) in [4.78, 5) is 23.1. The van der Waals surface area contributed by atoms with E-state index in [9.17, 15) is 9.59 Å². The maximum absolute atomic E-state index is 12.1. The molecule has 4 heteroatoms. The Kier molecular flexibility index (Phi) is 3.69. The van der Waals surface area contributed by atoms with E-state index < -0.39 is 0 Å². The molecule has 0 aromatic heterocycles. The first-order valence-electron chi connectivity index (χ1n) is 6.65. The average Bonchev–Trinajstić information content (AvgIpc) is 2.62. The highest BCUT2D eigenvalue weighted by molar-refractivity contribution is 5.83. The molecule has 0 bridgehead atoms. The van der Waals surface area contributed by atoms with E-state index in [1.54, 1.807) is 0 Å². The van der Waals surface area contributed by atoms with Crippen molar-refractivity contribution in [1.29, 1.82) is 0 Å². The van der Waals surface area contributed by atoms with Gasteiger partial charge in [-0.15, -0.1) is 0 Å². The first kappa shape index (κ1) is 12.4. The zero-order valence-electron chi connectivity index (χ0n) is 10.7. The van der Waals surface area contributed by atoms with Gasteiger partial charge >= 0.3 is 0 Å². The number of hydrogen-bond donors (Lipinski definition) is 2. The highest BCUT2D eigenvalue weighted by Gasteiger charge is 2.33. The largest absolute Gasteiger partial charge is 0.355 e. The van der Waals surface area contributed by atoms with Gasteiger partial charge in [0.1, 0.15) is 0 Å². The number of rotatable bonds is 2. The lowest BCUT2D eigenvalue weighted by molar-refractivity contribution is -0.129. The number of piperidine rings is 1. The van der Waals surface area contributed by atoms with E-state index in [0.29, 0.717) is 37.3 Å².